The number of rotatable bonds is 2. The molecule has 4 heteroatoms. The zero-order chi connectivity index (χ0) is 9.97. The Bertz CT molecular complexity index is 439. The van der Waals surface area contributed by atoms with Crippen molar-refractivity contribution in [3.63, 3.8) is 0 Å². The van der Waals surface area contributed by atoms with Crippen molar-refractivity contribution >= 4 is 16.3 Å². The molecule has 0 saturated heterocycles. The summed E-state index contributed by atoms with van der Waals surface area (Å²) >= 11 is 1.47. The van der Waals surface area contributed by atoms with Gasteiger partial charge in [-0.2, -0.15) is 0 Å². The summed E-state index contributed by atoms with van der Waals surface area (Å²) in [4.78, 5) is 4.20. The molecule has 14 heavy (non-hydrogen) atoms. The highest BCUT2D eigenvalue weighted by molar-refractivity contribution is 7.18. The molecular weight excluding hydrogens is 196 g/mol. The number of methoxy groups -OCH3 is 1. The Hall–Kier alpha value is -1.55. The summed E-state index contributed by atoms with van der Waals surface area (Å²) in [5, 5.41) is 1.64. The molecule has 0 spiro atoms. The molecule has 72 valence electrons. The van der Waals surface area contributed by atoms with E-state index in [4.69, 9.17) is 10.5 Å². The molecule has 2 rings (SSSR count). The molecule has 0 aliphatic rings. The first kappa shape index (κ1) is 9.02. The maximum absolute atomic E-state index is 5.61. The van der Waals surface area contributed by atoms with Crippen LogP contribution in [-0.2, 0) is 0 Å². The third kappa shape index (κ3) is 1.70. The van der Waals surface area contributed by atoms with Gasteiger partial charge in [-0.3, -0.25) is 0 Å². The molecule has 0 fully saturated rings. The first-order valence-electron chi connectivity index (χ1n) is 4.15. The Morgan fingerprint density at radius 1 is 1.43 bits per heavy atom. The SMILES string of the molecule is COc1cccc(-c2ncc(N)s2)c1. The predicted octanol–water partition coefficient (Wildman–Crippen LogP) is 2.40. The first-order valence-corrected chi connectivity index (χ1v) is 4.97. The second-order valence-corrected chi connectivity index (χ2v) is 3.86. The summed E-state index contributed by atoms with van der Waals surface area (Å²) in [5.74, 6) is 0.830. The zero-order valence-electron chi connectivity index (χ0n) is 7.73. The normalized spacial score (nSPS) is 10.1. The lowest BCUT2D eigenvalue weighted by Crippen LogP contribution is -1.82. The van der Waals surface area contributed by atoms with E-state index < -0.39 is 0 Å². The van der Waals surface area contributed by atoms with Crippen molar-refractivity contribution in [3.8, 4) is 16.3 Å². The largest absolute Gasteiger partial charge is 0.497 e. The Balaban J connectivity index is 2.41. The third-order valence-corrected chi connectivity index (χ3v) is 2.72. The lowest BCUT2D eigenvalue weighted by Gasteiger charge is -2.00. The monoisotopic (exact) mass is 206 g/mol. The van der Waals surface area contributed by atoms with E-state index >= 15 is 0 Å². The predicted molar refractivity (Wildman–Crippen MR) is 58.5 cm³/mol. The van der Waals surface area contributed by atoms with E-state index in [-0.39, 0.29) is 0 Å². The van der Waals surface area contributed by atoms with Gasteiger partial charge in [-0.1, -0.05) is 23.5 Å². The fourth-order valence-electron chi connectivity index (χ4n) is 1.18. The van der Waals surface area contributed by atoms with Crippen molar-refractivity contribution in [1.29, 1.82) is 0 Å². The summed E-state index contributed by atoms with van der Waals surface area (Å²) < 4.78 is 5.13. The third-order valence-electron chi connectivity index (χ3n) is 1.84. The summed E-state index contributed by atoms with van der Waals surface area (Å²) in [5.41, 5.74) is 6.64. The van der Waals surface area contributed by atoms with Crippen LogP contribution < -0.4 is 10.5 Å². The van der Waals surface area contributed by atoms with Gasteiger partial charge in [0, 0.05) is 5.56 Å². The van der Waals surface area contributed by atoms with E-state index in [9.17, 15) is 0 Å². The molecule has 0 atom stereocenters. The number of thiazole rings is 1. The number of ether oxygens (including phenoxy) is 1. The van der Waals surface area contributed by atoms with Crippen molar-refractivity contribution < 1.29 is 4.74 Å². The number of hydrogen-bond acceptors (Lipinski definition) is 4. The second-order valence-electron chi connectivity index (χ2n) is 2.80. The van der Waals surface area contributed by atoms with Crippen LogP contribution in [0.5, 0.6) is 5.75 Å². The number of nitrogen functional groups attached to an aromatic ring is 1. The van der Waals surface area contributed by atoms with Gasteiger partial charge in [-0.05, 0) is 12.1 Å². The van der Waals surface area contributed by atoms with Gasteiger partial charge >= 0.3 is 0 Å². The number of nitrogens with two attached hydrogens (primary N) is 1. The maximum Gasteiger partial charge on any atom is 0.125 e. The fourth-order valence-corrected chi connectivity index (χ4v) is 1.86. The molecular formula is C10H10N2OS. The molecule has 0 unspecified atom stereocenters. The molecule has 0 saturated carbocycles. The van der Waals surface area contributed by atoms with Crippen LogP contribution in [-0.4, -0.2) is 12.1 Å². The van der Waals surface area contributed by atoms with Crippen molar-refractivity contribution in [2.45, 2.75) is 0 Å². The van der Waals surface area contributed by atoms with Crippen LogP contribution in [0.2, 0.25) is 0 Å². The van der Waals surface area contributed by atoms with Crippen molar-refractivity contribution in [3.05, 3.63) is 30.5 Å². The Kier molecular flexibility index (Phi) is 2.37. The van der Waals surface area contributed by atoms with E-state index in [1.807, 2.05) is 24.3 Å². The molecule has 0 amide bonds. The first-order chi connectivity index (χ1) is 6.79. The Morgan fingerprint density at radius 3 is 2.93 bits per heavy atom. The van der Waals surface area contributed by atoms with Crippen LogP contribution in [0.3, 0.4) is 0 Å². The molecule has 3 nitrogen and oxygen atoms in total. The molecule has 0 aliphatic heterocycles. The van der Waals surface area contributed by atoms with Crippen LogP contribution in [0.4, 0.5) is 5.00 Å². The van der Waals surface area contributed by atoms with Crippen LogP contribution in [0.15, 0.2) is 30.5 Å². The summed E-state index contributed by atoms with van der Waals surface area (Å²) in [6.07, 6.45) is 1.67. The van der Waals surface area contributed by atoms with Gasteiger partial charge in [0.2, 0.25) is 0 Å². The lowest BCUT2D eigenvalue weighted by molar-refractivity contribution is 0.415. The highest BCUT2D eigenvalue weighted by Crippen LogP contribution is 2.28. The van der Waals surface area contributed by atoms with Crippen LogP contribution in [0.25, 0.3) is 10.6 Å². The van der Waals surface area contributed by atoms with Crippen LogP contribution in [0.1, 0.15) is 0 Å². The molecule has 0 bridgehead atoms. The quantitative estimate of drug-likeness (QED) is 0.820. The number of aromatic nitrogens is 1. The molecule has 2 aromatic rings. The van der Waals surface area contributed by atoms with Gasteiger partial charge in [-0.15, -0.1) is 0 Å². The minimum Gasteiger partial charge on any atom is -0.497 e. The van der Waals surface area contributed by atoms with Gasteiger partial charge in [0.15, 0.2) is 0 Å². The number of nitrogens with zero attached hydrogens (tertiary/aromatic N) is 1. The van der Waals surface area contributed by atoms with E-state index in [1.54, 1.807) is 13.3 Å². The van der Waals surface area contributed by atoms with Gasteiger partial charge in [0.1, 0.15) is 15.8 Å². The van der Waals surface area contributed by atoms with E-state index in [0.29, 0.717) is 0 Å². The zero-order valence-corrected chi connectivity index (χ0v) is 8.54. The van der Waals surface area contributed by atoms with Crippen molar-refractivity contribution in [2.75, 3.05) is 12.8 Å². The summed E-state index contributed by atoms with van der Waals surface area (Å²) in [6, 6.07) is 7.77. The number of anilines is 1. The maximum atomic E-state index is 5.61. The standard InChI is InChI=1S/C10H10N2OS/c1-13-8-4-2-3-7(5-8)10-12-6-9(11)14-10/h2-6H,11H2,1H3. The summed E-state index contributed by atoms with van der Waals surface area (Å²) in [6.45, 7) is 0. The van der Waals surface area contributed by atoms with Crippen molar-refractivity contribution in [2.24, 2.45) is 0 Å². The van der Waals surface area contributed by atoms with Crippen LogP contribution >= 0.6 is 11.3 Å². The molecule has 2 N–H and O–H groups in total. The van der Waals surface area contributed by atoms with Crippen LogP contribution in [0, 0.1) is 0 Å². The Labute approximate surface area is 86.2 Å². The molecule has 0 radical (unpaired) electrons. The van der Waals surface area contributed by atoms with Gasteiger partial charge < -0.3 is 10.5 Å². The molecule has 1 heterocycles. The lowest BCUT2D eigenvalue weighted by atomic mass is 10.2. The highest BCUT2D eigenvalue weighted by Gasteiger charge is 2.03. The topological polar surface area (TPSA) is 48.1 Å². The fraction of sp³-hybridized carbons (Fsp3) is 0.100. The smallest absolute Gasteiger partial charge is 0.125 e. The number of hydrogen-bond donors (Lipinski definition) is 1. The van der Waals surface area contributed by atoms with E-state index in [2.05, 4.69) is 4.98 Å². The Morgan fingerprint density at radius 2 is 2.29 bits per heavy atom. The number of benzene rings is 1. The minimum absolute atomic E-state index is 0.725. The average molecular weight is 206 g/mol. The second kappa shape index (κ2) is 3.67. The van der Waals surface area contributed by atoms with E-state index in [1.165, 1.54) is 11.3 Å². The molecule has 0 aliphatic carbocycles. The average Bonchev–Trinajstić information content (AvgIpc) is 2.65. The van der Waals surface area contributed by atoms with Gasteiger partial charge in [0.25, 0.3) is 0 Å². The molecule has 1 aromatic heterocycles. The highest BCUT2D eigenvalue weighted by atomic mass is 32.1. The van der Waals surface area contributed by atoms with Gasteiger partial charge in [-0.25, -0.2) is 4.98 Å². The van der Waals surface area contributed by atoms with Gasteiger partial charge in [0.05, 0.1) is 13.3 Å². The van der Waals surface area contributed by atoms with Crippen molar-refractivity contribution in [1.82, 2.24) is 4.98 Å². The summed E-state index contributed by atoms with van der Waals surface area (Å²) in [7, 11) is 1.65. The van der Waals surface area contributed by atoms with E-state index in [0.717, 1.165) is 21.3 Å². The minimum atomic E-state index is 0.725. The molecule has 1 aromatic carbocycles.